The minimum Gasteiger partial charge on any atom is -0.328 e. The molecule has 0 aromatic heterocycles. The lowest BCUT2D eigenvalue weighted by atomic mass is 9.80. The van der Waals surface area contributed by atoms with Gasteiger partial charge in [0, 0.05) is 18.6 Å². The Morgan fingerprint density at radius 3 is 2.23 bits per heavy atom. The largest absolute Gasteiger partial charge is 0.328 e. The molecule has 0 heterocycles. The summed E-state index contributed by atoms with van der Waals surface area (Å²) in [6.07, 6.45) is 3.56. The lowest BCUT2D eigenvalue weighted by Gasteiger charge is -2.38. The predicted octanol–water partition coefficient (Wildman–Crippen LogP) is 3.97. The van der Waals surface area contributed by atoms with Crippen molar-refractivity contribution in [3.05, 3.63) is 35.4 Å². The highest BCUT2D eigenvalue weighted by atomic mass is 15.1. The van der Waals surface area contributed by atoms with E-state index in [1.54, 1.807) is 0 Å². The van der Waals surface area contributed by atoms with Gasteiger partial charge in [0.15, 0.2) is 0 Å². The smallest absolute Gasteiger partial charge is 0.0107 e. The maximum absolute atomic E-state index is 5.92. The van der Waals surface area contributed by atoms with Crippen molar-refractivity contribution in [1.82, 2.24) is 4.90 Å². The van der Waals surface area contributed by atoms with Gasteiger partial charge in [0.1, 0.15) is 0 Å². The average molecular weight is 303 g/mol. The molecule has 1 aromatic rings. The third-order valence-electron chi connectivity index (χ3n) is 5.15. The maximum atomic E-state index is 5.92. The molecule has 0 amide bonds. The van der Waals surface area contributed by atoms with E-state index in [-0.39, 0.29) is 5.41 Å². The second-order valence-corrected chi connectivity index (χ2v) is 8.19. The van der Waals surface area contributed by atoms with E-state index in [0.29, 0.717) is 12.1 Å². The monoisotopic (exact) mass is 302 g/mol. The van der Waals surface area contributed by atoms with Gasteiger partial charge in [0.2, 0.25) is 0 Å². The van der Waals surface area contributed by atoms with Crippen LogP contribution in [0.15, 0.2) is 24.3 Å². The highest BCUT2D eigenvalue weighted by molar-refractivity contribution is 5.27. The maximum Gasteiger partial charge on any atom is 0.0107 e. The SMILES string of the molecule is CCN(C[C@H]1C[C@H](N)C1)C(C)Cc1ccc(C(C)(C)C)cc1. The number of nitrogens with zero attached hydrogens (tertiary/aromatic N) is 1. The van der Waals surface area contributed by atoms with E-state index in [2.05, 4.69) is 63.8 Å². The number of hydrogen-bond donors (Lipinski definition) is 1. The van der Waals surface area contributed by atoms with E-state index in [0.717, 1.165) is 18.9 Å². The molecule has 2 N–H and O–H groups in total. The molecular formula is C20H34N2. The molecule has 0 saturated heterocycles. The molecule has 1 aromatic carbocycles. The van der Waals surface area contributed by atoms with Crippen LogP contribution in [0, 0.1) is 5.92 Å². The first-order valence-electron chi connectivity index (χ1n) is 8.88. The normalized spacial score (nSPS) is 23.4. The minimum atomic E-state index is 0.239. The Kier molecular flexibility index (Phi) is 5.68. The van der Waals surface area contributed by atoms with Crippen LogP contribution in [0.3, 0.4) is 0 Å². The van der Waals surface area contributed by atoms with E-state index in [9.17, 15) is 0 Å². The van der Waals surface area contributed by atoms with Gasteiger partial charge in [0.05, 0.1) is 0 Å². The Labute approximate surface area is 137 Å². The Morgan fingerprint density at radius 1 is 1.18 bits per heavy atom. The second-order valence-electron chi connectivity index (χ2n) is 8.19. The second kappa shape index (κ2) is 7.14. The molecule has 22 heavy (non-hydrogen) atoms. The van der Waals surface area contributed by atoms with E-state index in [1.807, 2.05) is 0 Å². The van der Waals surface area contributed by atoms with Crippen LogP contribution in [0.4, 0.5) is 0 Å². The van der Waals surface area contributed by atoms with Gasteiger partial charge >= 0.3 is 0 Å². The van der Waals surface area contributed by atoms with Gasteiger partial charge in [0.25, 0.3) is 0 Å². The van der Waals surface area contributed by atoms with Crippen molar-refractivity contribution in [3.8, 4) is 0 Å². The van der Waals surface area contributed by atoms with Crippen molar-refractivity contribution in [3.63, 3.8) is 0 Å². The average Bonchev–Trinajstić information content (AvgIpc) is 2.41. The van der Waals surface area contributed by atoms with Crippen molar-refractivity contribution >= 4 is 0 Å². The first-order chi connectivity index (χ1) is 10.3. The van der Waals surface area contributed by atoms with Crippen LogP contribution in [0.25, 0.3) is 0 Å². The molecule has 1 aliphatic rings. The van der Waals surface area contributed by atoms with Crippen LogP contribution >= 0.6 is 0 Å². The first-order valence-corrected chi connectivity index (χ1v) is 8.88. The summed E-state index contributed by atoms with van der Waals surface area (Å²) in [6, 6.07) is 10.3. The number of benzene rings is 1. The number of hydrogen-bond acceptors (Lipinski definition) is 2. The van der Waals surface area contributed by atoms with E-state index >= 15 is 0 Å². The summed E-state index contributed by atoms with van der Waals surface area (Å²) in [5.74, 6) is 0.820. The van der Waals surface area contributed by atoms with Gasteiger partial charge in [-0.1, -0.05) is 52.0 Å². The Morgan fingerprint density at radius 2 is 1.77 bits per heavy atom. The van der Waals surface area contributed by atoms with Crippen molar-refractivity contribution in [2.24, 2.45) is 11.7 Å². The van der Waals surface area contributed by atoms with Crippen LogP contribution in [0.2, 0.25) is 0 Å². The predicted molar refractivity (Wildman–Crippen MR) is 96.3 cm³/mol. The summed E-state index contributed by atoms with van der Waals surface area (Å²) in [6.45, 7) is 13.8. The molecule has 1 atom stereocenters. The molecule has 0 aliphatic heterocycles. The number of nitrogens with two attached hydrogens (primary N) is 1. The molecule has 1 saturated carbocycles. The van der Waals surface area contributed by atoms with Crippen LogP contribution in [-0.4, -0.2) is 30.1 Å². The zero-order valence-corrected chi connectivity index (χ0v) is 15.1. The zero-order valence-electron chi connectivity index (χ0n) is 15.1. The molecule has 1 aliphatic carbocycles. The molecule has 0 bridgehead atoms. The fourth-order valence-electron chi connectivity index (χ4n) is 3.50. The fourth-order valence-corrected chi connectivity index (χ4v) is 3.50. The molecule has 1 unspecified atom stereocenters. The quantitative estimate of drug-likeness (QED) is 0.861. The summed E-state index contributed by atoms with van der Waals surface area (Å²) < 4.78 is 0. The Balaban J connectivity index is 1.90. The van der Waals surface area contributed by atoms with E-state index in [4.69, 9.17) is 5.73 Å². The summed E-state index contributed by atoms with van der Waals surface area (Å²) in [4.78, 5) is 2.62. The Hall–Kier alpha value is -0.860. The molecule has 124 valence electrons. The van der Waals surface area contributed by atoms with E-state index < -0.39 is 0 Å². The molecule has 2 heteroatoms. The fraction of sp³-hybridized carbons (Fsp3) is 0.700. The van der Waals surface area contributed by atoms with Gasteiger partial charge in [-0.25, -0.2) is 0 Å². The van der Waals surface area contributed by atoms with Crippen LogP contribution in [-0.2, 0) is 11.8 Å². The lowest BCUT2D eigenvalue weighted by molar-refractivity contribution is 0.132. The van der Waals surface area contributed by atoms with Crippen molar-refractivity contribution in [1.29, 1.82) is 0 Å². The molecule has 2 rings (SSSR count). The van der Waals surface area contributed by atoms with Gasteiger partial charge in [-0.3, -0.25) is 0 Å². The number of rotatable bonds is 6. The van der Waals surface area contributed by atoms with Gasteiger partial charge < -0.3 is 10.6 Å². The standard InChI is InChI=1S/C20H34N2/c1-6-22(14-17-12-19(21)13-17)15(2)11-16-7-9-18(10-8-16)20(3,4)5/h7-10,15,17,19H,6,11-14,21H2,1-5H3/t15?,17-,19-. The third kappa shape index (κ3) is 4.57. The first kappa shape index (κ1) is 17.5. The van der Waals surface area contributed by atoms with Gasteiger partial charge in [-0.05, 0) is 55.2 Å². The molecule has 1 fully saturated rings. The summed E-state index contributed by atoms with van der Waals surface area (Å²) in [5, 5.41) is 0. The summed E-state index contributed by atoms with van der Waals surface area (Å²) in [7, 11) is 0. The van der Waals surface area contributed by atoms with Crippen molar-refractivity contribution in [2.75, 3.05) is 13.1 Å². The molecule has 0 spiro atoms. The topological polar surface area (TPSA) is 29.3 Å². The van der Waals surface area contributed by atoms with E-state index in [1.165, 1.54) is 30.5 Å². The highest BCUT2D eigenvalue weighted by Crippen LogP contribution is 2.27. The molecule has 0 radical (unpaired) electrons. The van der Waals surface area contributed by atoms with Crippen molar-refractivity contribution in [2.45, 2.75) is 71.4 Å². The summed E-state index contributed by atoms with van der Waals surface area (Å²) in [5.41, 5.74) is 9.02. The number of likely N-dealkylation sites (N-methyl/N-ethyl adjacent to an activating group) is 1. The van der Waals surface area contributed by atoms with Crippen molar-refractivity contribution < 1.29 is 0 Å². The summed E-state index contributed by atoms with van der Waals surface area (Å²) >= 11 is 0. The van der Waals surface area contributed by atoms with Gasteiger partial charge in [-0.2, -0.15) is 0 Å². The van der Waals surface area contributed by atoms with Gasteiger partial charge in [-0.15, -0.1) is 0 Å². The van der Waals surface area contributed by atoms with Crippen LogP contribution < -0.4 is 5.73 Å². The molecule has 2 nitrogen and oxygen atoms in total. The zero-order chi connectivity index (χ0) is 16.3. The highest BCUT2D eigenvalue weighted by Gasteiger charge is 2.28. The third-order valence-corrected chi connectivity index (χ3v) is 5.15. The lowest BCUT2D eigenvalue weighted by Crippen LogP contribution is -2.45. The Bertz CT molecular complexity index is 452. The molecular weight excluding hydrogens is 268 g/mol. The minimum absolute atomic E-state index is 0.239. The van der Waals surface area contributed by atoms with Crippen LogP contribution in [0.5, 0.6) is 0 Å². The van der Waals surface area contributed by atoms with Crippen LogP contribution in [0.1, 0.15) is 58.6 Å².